The Morgan fingerprint density at radius 3 is 2.47 bits per heavy atom. The second-order valence-electron chi connectivity index (χ2n) is 5.60. The quantitative estimate of drug-likeness (QED) is 0.202. The van der Waals surface area contributed by atoms with Crippen molar-refractivity contribution in [1.82, 2.24) is 5.32 Å². The first kappa shape index (κ1) is 16.2. The molecule has 102 valence electrons. The summed E-state index contributed by atoms with van der Waals surface area (Å²) in [6, 6.07) is 0.548. The maximum absolute atomic E-state index is 8.67. The van der Waals surface area contributed by atoms with Crippen LogP contribution in [-0.4, -0.2) is 23.6 Å². The van der Waals surface area contributed by atoms with Crippen molar-refractivity contribution in [2.45, 2.75) is 59.9 Å². The molecule has 0 aliphatic carbocycles. The van der Waals surface area contributed by atoms with Crippen LogP contribution in [0.5, 0.6) is 0 Å². The van der Waals surface area contributed by atoms with Gasteiger partial charge in [0.05, 0.1) is 0 Å². The highest BCUT2D eigenvalue weighted by atomic mass is 16.4. The molecule has 0 aromatic heterocycles. The normalized spacial score (nSPS) is 16.9. The SMILES string of the molecule is CCC(C)C(C)NCCCC(C)(C)C(N)=NO. The van der Waals surface area contributed by atoms with E-state index in [2.05, 4.69) is 31.2 Å². The molecule has 0 aromatic carbocycles. The van der Waals surface area contributed by atoms with Crippen LogP contribution in [-0.2, 0) is 0 Å². The van der Waals surface area contributed by atoms with Gasteiger partial charge in [-0.1, -0.05) is 39.3 Å². The Morgan fingerprint density at radius 2 is 2.00 bits per heavy atom. The van der Waals surface area contributed by atoms with Gasteiger partial charge in [0.2, 0.25) is 0 Å². The summed E-state index contributed by atoms with van der Waals surface area (Å²) in [5, 5.41) is 15.3. The number of nitrogens with zero attached hydrogens (tertiary/aromatic N) is 1. The molecule has 0 amide bonds. The third-order valence-corrected chi connectivity index (χ3v) is 3.74. The van der Waals surface area contributed by atoms with Crippen LogP contribution in [0.2, 0.25) is 0 Å². The number of nitrogens with two attached hydrogens (primary N) is 1. The fraction of sp³-hybridized carbons (Fsp3) is 0.923. The van der Waals surface area contributed by atoms with E-state index in [0.29, 0.717) is 17.8 Å². The predicted molar refractivity (Wildman–Crippen MR) is 73.3 cm³/mol. The van der Waals surface area contributed by atoms with Crippen LogP contribution < -0.4 is 11.1 Å². The van der Waals surface area contributed by atoms with E-state index >= 15 is 0 Å². The third kappa shape index (κ3) is 5.91. The summed E-state index contributed by atoms with van der Waals surface area (Å²) >= 11 is 0. The van der Waals surface area contributed by atoms with Gasteiger partial charge in [-0.15, -0.1) is 0 Å². The van der Waals surface area contributed by atoms with Gasteiger partial charge in [0.1, 0.15) is 5.84 Å². The van der Waals surface area contributed by atoms with Crippen LogP contribution in [0.3, 0.4) is 0 Å². The van der Waals surface area contributed by atoms with Gasteiger partial charge in [-0.05, 0) is 32.2 Å². The molecule has 0 saturated heterocycles. The first-order valence-corrected chi connectivity index (χ1v) is 6.56. The van der Waals surface area contributed by atoms with Crippen molar-refractivity contribution in [2.75, 3.05) is 6.54 Å². The van der Waals surface area contributed by atoms with E-state index < -0.39 is 0 Å². The standard InChI is InChI=1S/C13H29N3O/c1-6-10(2)11(3)15-9-7-8-13(4,5)12(14)16-17/h10-11,15,17H,6-9H2,1-5H3,(H2,14,16). The van der Waals surface area contributed by atoms with Crippen molar-refractivity contribution < 1.29 is 5.21 Å². The van der Waals surface area contributed by atoms with Crippen LogP contribution in [0, 0.1) is 11.3 Å². The highest BCUT2D eigenvalue weighted by Gasteiger charge is 2.22. The lowest BCUT2D eigenvalue weighted by Gasteiger charge is -2.24. The Bertz CT molecular complexity index is 239. The van der Waals surface area contributed by atoms with Gasteiger partial charge in [-0.25, -0.2) is 0 Å². The monoisotopic (exact) mass is 243 g/mol. The molecular weight excluding hydrogens is 214 g/mol. The van der Waals surface area contributed by atoms with Crippen LogP contribution in [0.4, 0.5) is 0 Å². The van der Waals surface area contributed by atoms with E-state index in [0.717, 1.165) is 19.4 Å². The molecule has 17 heavy (non-hydrogen) atoms. The first-order valence-electron chi connectivity index (χ1n) is 6.56. The summed E-state index contributed by atoms with van der Waals surface area (Å²) in [7, 11) is 0. The van der Waals surface area contributed by atoms with Crippen molar-refractivity contribution in [3.63, 3.8) is 0 Å². The lowest BCUT2D eigenvalue weighted by atomic mass is 9.86. The fourth-order valence-corrected chi connectivity index (χ4v) is 1.68. The summed E-state index contributed by atoms with van der Waals surface area (Å²) in [5.74, 6) is 1.01. The summed E-state index contributed by atoms with van der Waals surface area (Å²) in [6.45, 7) is 11.7. The van der Waals surface area contributed by atoms with E-state index in [9.17, 15) is 0 Å². The zero-order chi connectivity index (χ0) is 13.5. The smallest absolute Gasteiger partial charge is 0.144 e. The molecule has 0 aromatic rings. The molecule has 0 aliphatic heterocycles. The zero-order valence-electron chi connectivity index (χ0n) is 12.0. The Balaban J connectivity index is 3.86. The van der Waals surface area contributed by atoms with E-state index in [-0.39, 0.29) is 5.41 Å². The predicted octanol–water partition coefficient (Wildman–Crippen LogP) is 2.56. The molecule has 0 radical (unpaired) electrons. The minimum Gasteiger partial charge on any atom is -0.409 e. The Morgan fingerprint density at radius 1 is 1.41 bits per heavy atom. The second kappa shape index (κ2) is 7.54. The second-order valence-corrected chi connectivity index (χ2v) is 5.60. The molecule has 2 unspecified atom stereocenters. The molecule has 0 spiro atoms. The number of rotatable bonds is 8. The molecule has 2 atom stereocenters. The van der Waals surface area contributed by atoms with Crippen molar-refractivity contribution >= 4 is 5.84 Å². The Kier molecular flexibility index (Phi) is 7.19. The average Bonchev–Trinajstić information content (AvgIpc) is 2.31. The molecule has 0 fully saturated rings. The topological polar surface area (TPSA) is 70.6 Å². The largest absolute Gasteiger partial charge is 0.409 e. The number of oxime groups is 1. The summed E-state index contributed by atoms with van der Waals surface area (Å²) in [6.07, 6.45) is 3.15. The average molecular weight is 243 g/mol. The first-order chi connectivity index (χ1) is 7.85. The number of hydrogen-bond acceptors (Lipinski definition) is 3. The van der Waals surface area contributed by atoms with Crippen LogP contribution in [0.25, 0.3) is 0 Å². The lowest BCUT2D eigenvalue weighted by molar-refractivity contribution is 0.303. The molecule has 0 aliphatic rings. The molecular formula is C13H29N3O. The minimum absolute atomic E-state index is 0.226. The number of hydrogen-bond donors (Lipinski definition) is 3. The number of amidine groups is 1. The maximum Gasteiger partial charge on any atom is 0.144 e. The molecule has 0 bridgehead atoms. The highest BCUT2D eigenvalue weighted by molar-refractivity contribution is 5.85. The van der Waals surface area contributed by atoms with Crippen molar-refractivity contribution in [2.24, 2.45) is 22.2 Å². The summed E-state index contributed by atoms with van der Waals surface area (Å²) in [5.41, 5.74) is 5.42. The van der Waals surface area contributed by atoms with Gasteiger partial charge in [0.25, 0.3) is 0 Å². The van der Waals surface area contributed by atoms with E-state index in [1.54, 1.807) is 0 Å². The lowest BCUT2D eigenvalue weighted by Crippen LogP contribution is -2.35. The van der Waals surface area contributed by atoms with Gasteiger partial charge in [-0.3, -0.25) is 0 Å². The molecule has 0 saturated carbocycles. The van der Waals surface area contributed by atoms with E-state index in [4.69, 9.17) is 10.9 Å². The Labute approximate surface area is 106 Å². The van der Waals surface area contributed by atoms with Gasteiger partial charge in [-0.2, -0.15) is 0 Å². The summed E-state index contributed by atoms with van der Waals surface area (Å²) < 4.78 is 0. The van der Waals surface area contributed by atoms with Crippen molar-refractivity contribution in [1.29, 1.82) is 0 Å². The molecule has 0 heterocycles. The Hall–Kier alpha value is -0.770. The molecule has 0 rings (SSSR count). The van der Waals surface area contributed by atoms with E-state index in [1.165, 1.54) is 6.42 Å². The van der Waals surface area contributed by atoms with Gasteiger partial charge >= 0.3 is 0 Å². The van der Waals surface area contributed by atoms with Gasteiger partial charge in [0, 0.05) is 11.5 Å². The van der Waals surface area contributed by atoms with Gasteiger partial charge < -0.3 is 16.3 Å². The zero-order valence-corrected chi connectivity index (χ0v) is 12.0. The van der Waals surface area contributed by atoms with Crippen LogP contribution in [0.1, 0.15) is 53.9 Å². The fourth-order valence-electron chi connectivity index (χ4n) is 1.68. The minimum atomic E-state index is -0.226. The molecule has 4 nitrogen and oxygen atoms in total. The van der Waals surface area contributed by atoms with E-state index in [1.807, 2.05) is 13.8 Å². The van der Waals surface area contributed by atoms with Crippen molar-refractivity contribution in [3.05, 3.63) is 0 Å². The highest BCUT2D eigenvalue weighted by Crippen LogP contribution is 2.22. The number of nitrogens with one attached hydrogen (secondary N) is 1. The van der Waals surface area contributed by atoms with Gasteiger partial charge in [0.15, 0.2) is 0 Å². The van der Waals surface area contributed by atoms with Crippen molar-refractivity contribution in [3.8, 4) is 0 Å². The summed E-state index contributed by atoms with van der Waals surface area (Å²) in [4.78, 5) is 0. The third-order valence-electron chi connectivity index (χ3n) is 3.74. The maximum atomic E-state index is 8.67. The molecule has 4 N–H and O–H groups in total. The molecule has 4 heteroatoms. The van der Waals surface area contributed by atoms with Crippen LogP contribution >= 0.6 is 0 Å². The van der Waals surface area contributed by atoms with Crippen LogP contribution in [0.15, 0.2) is 5.16 Å².